The zero-order chi connectivity index (χ0) is 11.5. The van der Waals surface area contributed by atoms with Crippen molar-refractivity contribution < 1.29 is 13.9 Å². The van der Waals surface area contributed by atoms with Gasteiger partial charge in [-0.05, 0) is 30.7 Å². The normalized spacial score (nSPS) is 10.1. The van der Waals surface area contributed by atoms with Crippen LogP contribution in [0.15, 0.2) is 41.0 Å². The summed E-state index contributed by atoms with van der Waals surface area (Å²) in [6, 6.07) is 9.12. The number of methoxy groups -OCH3 is 1. The lowest BCUT2D eigenvalue weighted by atomic mass is 10.00. The quantitative estimate of drug-likeness (QED) is 0.724. The van der Waals surface area contributed by atoms with E-state index in [0.717, 1.165) is 11.1 Å². The molecule has 0 fully saturated rings. The van der Waals surface area contributed by atoms with Gasteiger partial charge in [0.15, 0.2) is 0 Å². The number of ether oxygens (including phenoxy) is 1. The van der Waals surface area contributed by atoms with Gasteiger partial charge in [0, 0.05) is 5.56 Å². The highest BCUT2D eigenvalue weighted by atomic mass is 16.5. The lowest BCUT2D eigenvalue weighted by Crippen LogP contribution is -2.04. The molecule has 0 N–H and O–H groups in total. The number of hydrogen-bond acceptors (Lipinski definition) is 3. The van der Waals surface area contributed by atoms with Gasteiger partial charge in [-0.1, -0.05) is 12.1 Å². The van der Waals surface area contributed by atoms with Gasteiger partial charge in [0.1, 0.15) is 5.76 Å². The molecule has 82 valence electrons. The Morgan fingerprint density at radius 1 is 1.25 bits per heavy atom. The number of aryl methyl sites for hydroxylation is 1. The molecule has 0 aliphatic carbocycles. The molecule has 0 amide bonds. The second kappa shape index (κ2) is 4.23. The first-order valence-electron chi connectivity index (χ1n) is 4.96. The van der Waals surface area contributed by atoms with Crippen molar-refractivity contribution in [1.29, 1.82) is 0 Å². The molecule has 2 rings (SSSR count). The fourth-order valence-electron chi connectivity index (χ4n) is 1.70. The summed E-state index contributed by atoms with van der Waals surface area (Å²) in [5.74, 6) is 0.327. The molecule has 1 heterocycles. The van der Waals surface area contributed by atoms with Crippen molar-refractivity contribution >= 4 is 5.97 Å². The molecule has 3 nitrogen and oxygen atoms in total. The Labute approximate surface area is 93.7 Å². The zero-order valence-corrected chi connectivity index (χ0v) is 9.19. The maximum absolute atomic E-state index is 11.6. The van der Waals surface area contributed by atoms with Crippen molar-refractivity contribution in [3.63, 3.8) is 0 Å². The van der Waals surface area contributed by atoms with E-state index in [9.17, 15) is 4.79 Å². The van der Waals surface area contributed by atoms with Gasteiger partial charge in [0.05, 0.1) is 18.9 Å². The summed E-state index contributed by atoms with van der Waals surface area (Å²) in [6.45, 7) is 1.93. The summed E-state index contributed by atoms with van der Waals surface area (Å²) < 4.78 is 10.1. The first-order valence-corrected chi connectivity index (χ1v) is 4.96. The Balaban J connectivity index is 2.62. The molecule has 0 aliphatic rings. The number of carbonyl (C=O) groups excluding carboxylic acids is 1. The molecule has 0 spiro atoms. The molecule has 16 heavy (non-hydrogen) atoms. The van der Waals surface area contributed by atoms with E-state index in [-0.39, 0.29) is 5.97 Å². The van der Waals surface area contributed by atoms with Crippen molar-refractivity contribution in [3.05, 3.63) is 47.7 Å². The van der Waals surface area contributed by atoms with Crippen LogP contribution < -0.4 is 0 Å². The van der Waals surface area contributed by atoms with Crippen LogP contribution in [0.5, 0.6) is 0 Å². The Hall–Kier alpha value is -2.03. The van der Waals surface area contributed by atoms with Gasteiger partial charge in [-0.25, -0.2) is 4.79 Å². The fourth-order valence-corrected chi connectivity index (χ4v) is 1.70. The molecular weight excluding hydrogens is 204 g/mol. The average Bonchev–Trinajstić information content (AvgIpc) is 2.81. The molecule has 0 aliphatic heterocycles. The Morgan fingerprint density at radius 2 is 2.06 bits per heavy atom. The molecule has 0 bridgehead atoms. The lowest BCUT2D eigenvalue weighted by Gasteiger charge is -2.08. The van der Waals surface area contributed by atoms with E-state index in [1.165, 1.54) is 7.11 Å². The molecule has 0 unspecified atom stereocenters. The zero-order valence-electron chi connectivity index (χ0n) is 9.19. The molecule has 0 saturated heterocycles. The SMILES string of the molecule is COC(=O)c1cccc(C)c1-c1ccco1. The van der Waals surface area contributed by atoms with Gasteiger partial charge in [-0.15, -0.1) is 0 Å². The van der Waals surface area contributed by atoms with E-state index in [1.54, 1.807) is 18.4 Å². The van der Waals surface area contributed by atoms with Gasteiger partial charge >= 0.3 is 5.97 Å². The third kappa shape index (κ3) is 1.72. The molecule has 0 atom stereocenters. The monoisotopic (exact) mass is 216 g/mol. The van der Waals surface area contributed by atoms with Crippen LogP contribution in [0.2, 0.25) is 0 Å². The summed E-state index contributed by atoms with van der Waals surface area (Å²) in [5, 5.41) is 0. The molecule has 2 aromatic rings. The summed E-state index contributed by atoms with van der Waals surface area (Å²) >= 11 is 0. The van der Waals surface area contributed by atoms with Crippen LogP contribution in [0.4, 0.5) is 0 Å². The van der Waals surface area contributed by atoms with Crippen LogP contribution in [-0.4, -0.2) is 13.1 Å². The highest BCUT2D eigenvalue weighted by Gasteiger charge is 2.16. The maximum Gasteiger partial charge on any atom is 0.338 e. The number of benzene rings is 1. The highest BCUT2D eigenvalue weighted by Crippen LogP contribution is 2.28. The van der Waals surface area contributed by atoms with Crippen LogP contribution in [0.1, 0.15) is 15.9 Å². The summed E-state index contributed by atoms with van der Waals surface area (Å²) in [7, 11) is 1.37. The topological polar surface area (TPSA) is 39.4 Å². The van der Waals surface area contributed by atoms with Gasteiger partial charge < -0.3 is 9.15 Å². The number of esters is 1. The van der Waals surface area contributed by atoms with E-state index >= 15 is 0 Å². The first kappa shape index (κ1) is 10.5. The van der Waals surface area contributed by atoms with E-state index in [0.29, 0.717) is 11.3 Å². The predicted octanol–water partition coefficient (Wildman–Crippen LogP) is 3.04. The first-order chi connectivity index (χ1) is 7.74. The molecule has 3 heteroatoms. The number of carbonyl (C=O) groups is 1. The summed E-state index contributed by atoms with van der Waals surface area (Å²) in [5.41, 5.74) is 2.30. The summed E-state index contributed by atoms with van der Waals surface area (Å²) in [4.78, 5) is 11.6. The standard InChI is InChI=1S/C13H12O3/c1-9-5-3-6-10(13(14)15-2)12(9)11-7-4-8-16-11/h3-8H,1-2H3. The maximum atomic E-state index is 11.6. The van der Waals surface area contributed by atoms with Crippen molar-refractivity contribution in [2.75, 3.05) is 7.11 Å². The van der Waals surface area contributed by atoms with Gasteiger partial charge in [-0.2, -0.15) is 0 Å². The Morgan fingerprint density at radius 3 is 2.69 bits per heavy atom. The minimum Gasteiger partial charge on any atom is -0.465 e. The van der Waals surface area contributed by atoms with E-state index < -0.39 is 0 Å². The minimum atomic E-state index is -0.352. The van der Waals surface area contributed by atoms with Crippen LogP contribution in [-0.2, 0) is 4.74 Å². The van der Waals surface area contributed by atoms with Crippen molar-refractivity contribution in [1.82, 2.24) is 0 Å². The highest BCUT2D eigenvalue weighted by molar-refractivity contribution is 5.97. The van der Waals surface area contributed by atoms with Crippen molar-refractivity contribution in [2.24, 2.45) is 0 Å². The van der Waals surface area contributed by atoms with Crippen LogP contribution in [0, 0.1) is 6.92 Å². The van der Waals surface area contributed by atoms with Gasteiger partial charge in [0.25, 0.3) is 0 Å². The van der Waals surface area contributed by atoms with E-state index in [2.05, 4.69) is 0 Å². The smallest absolute Gasteiger partial charge is 0.338 e. The predicted molar refractivity (Wildman–Crippen MR) is 60.2 cm³/mol. The lowest BCUT2D eigenvalue weighted by molar-refractivity contribution is 0.0601. The number of hydrogen-bond donors (Lipinski definition) is 0. The summed E-state index contributed by atoms with van der Waals surface area (Å²) in [6.07, 6.45) is 1.59. The van der Waals surface area contributed by atoms with E-state index in [4.69, 9.17) is 9.15 Å². The third-order valence-corrected chi connectivity index (χ3v) is 2.45. The van der Waals surface area contributed by atoms with E-state index in [1.807, 2.05) is 25.1 Å². The van der Waals surface area contributed by atoms with Gasteiger partial charge in [0.2, 0.25) is 0 Å². The number of rotatable bonds is 2. The number of furan rings is 1. The minimum absolute atomic E-state index is 0.352. The molecule has 0 saturated carbocycles. The third-order valence-electron chi connectivity index (χ3n) is 2.45. The molecule has 0 radical (unpaired) electrons. The van der Waals surface area contributed by atoms with Crippen molar-refractivity contribution in [2.45, 2.75) is 6.92 Å². The van der Waals surface area contributed by atoms with Crippen LogP contribution >= 0.6 is 0 Å². The molecule has 1 aromatic carbocycles. The second-order valence-corrected chi connectivity index (χ2v) is 3.47. The second-order valence-electron chi connectivity index (χ2n) is 3.47. The Kier molecular flexibility index (Phi) is 2.77. The molecule has 1 aromatic heterocycles. The Bertz CT molecular complexity index is 498. The van der Waals surface area contributed by atoms with Crippen LogP contribution in [0.25, 0.3) is 11.3 Å². The molecular formula is C13H12O3. The van der Waals surface area contributed by atoms with Crippen molar-refractivity contribution in [3.8, 4) is 11.3 Å². The largest absolute Gasteiger partial charge is 0.465 e. The fraction of sp³-hybridized carbons (Fsp3) is 0.154. The van der Waals surface area contributed by atoms with Gasteiger partial charge in [-0.3, -0.25) is 0 Å². The average molecular weight is 216 g/mol. The van der Waals surface area contributed by atoms with Crippen LogP contribution in [0.3, 0.4) is 0 Å².